The van der Waals surface area contributed by atoms with Gasteiger partial charge in [0.25, 0.3) is 0 Å². The van der Waals surface area contributed by atoms with E-state index in [1.807, 2.05) is 0 Å². The van der Waals surface area contributed by atoms with Crippen molar-refractivity contribution in [2.24, 2.45) is 0 Å². The number of aromatic nitrogens is 1. The molecule has 0 aliphatic carbocycles. The number of nitriles is 1. The molecule has 1 aliphatic heterocycles. The number of nitrogens with zero attached hydrogens (tertiary/aromatic N) is 4. The summed E-state index contributed by atoms with van der Waals surface area (Å²) in [5.41, 5.74) is 0.984. The third kappa shape index (κ3) is 2.82. The lowest BCUT2D eigenvalue weighted by molar-refractivity contribution is 0.271. The molecule has 0 atom stereocenters. The van der Waals surface area contributed by atoms with E-state index in [0.717, 1.165) is 61.3 Å². The van der Waals surface area contributed by atoms with Crippen molar-refractivity contribution in [2.45, 2.75) is 26.7 Å². The quantitative estimate of drug-likeness (QED) is 0.835. The second-order valence-electron chi connectivity index (χ2n) is 4.56. The largest absolute Gasteiger partial charge is 0.345 e. The Balaban J connectivity index is 2.08. The molecule has 5 heteroatoms. The molecule has 1 saturated heterocycles. The van der Waals surface area contributed by atoms with Gasteiger partial charge in [-0.05, 0) is 13.0 Å². The van der Waals surface area contributed by atoms with Gasteiger partial charge in [-0.15, -0.1) is 0 Å². The number of rotatable bonds is 4. The number of hydrogen-bond acceptors (Lipinski definition) is 5. The van der Waals surface area contributed by atoms with Crippen molar-refractivity contribution >= 4 is 16.5 Å². The van der Waals surface area contributed by atoms with Gasteiger partial charge in [0.05, 0.1) is 5.69 Å². The van der Waals surface area contributed by atoms with E-state index in [1.54, 1.807) is 11.3 Å². The zero-order chi connectivity index (χ0) is 13.0. The van der Waals surface area contributed by atoms with Crippen molar-refractivity contribution in [3.8, 4) is 6.07 Å². The van der Waals surface area contributed by atoms with Gasteiger partial charge in [0.2, 0.25) is 0 Å². The van der Waals surface area contributed by atoms with Crippen molar-refractivity contribution < 1.29 is 0 Å². The van der Waals surface area contributed by atoms with E-state index in [0.29, 0.717) is 0 Å². The molecule has 18 heavy (non-hydrogen) atoms. The van der Waals surface area contributed by atoms with Crippen molar-refractivity contribution in [1.82, 2.24) is 9.88 Å². The molecule has 4 nitrogen and oxygen atoms in total. The van der Waals surface area contributed by atoms with Gasteiger partial charge in [-0.3, -0.25) is 0 Å². The molecule has 0 spiro atoms. The fraction of sp³-hybridized carbons (Fsp3) is 0.692. The summed E-state index contributed by atoms with van der Waals surface area (Å²) < 4.78 is 0. The molecule has 0 saturated carbocycles. The molecule has 0 aromatic carbocycles. The second-order valence-corrected chi connectivity index (χ2v) is 5.53. The number of aryl methyl sites for hydroxylation is 1. The highest BCUT2D eigenvalue weighted by atomic mass is 32.1. The average Bonchev–Trinajstić information content (AvgIpc) is 2.82. The van der Waals surface area contributed by atoms with E-state index >= 15 is 0 Å². The lowest BCUT2D eigenvalue weighted by atomic mass is 10.2. The lowest BCUT2D eigenvalue weighted by Gasteiger charge is -2.33. The van der Waals surface area contributed by atoms with Crippen molar-refractivity contribution in [3.63, 3.8) is 0 Å². The summed E-state index contributed by atoms with van der Waals surface area (Å²) in [5.74, 6) is 0. The number of hydrogen-bond donors (Lipinski definition) is 0. The second kappa shape index (κ2) is 6.17. The molecule has 0 radical (unpaired) electrons. The van der Waals surface area contributed by atoms with Gasteiger partial charge in [0.15, 0.2) is 5.13 Å². The van der Waals surface area contributed by atoms with E-state index in [4.69, 9.17) is 5.26 Å². The van der Waals surface area contributed by atoms with Crippen LogP contribution in [-0.2, 0) is 6.42 Å². The number of piperazine rings is 1. The Hall–Kier alpha value is -1.12. The molecule has 2 heterocycles. The van der Waals surface area contributed by atoms with Gasteiger partial charge in [0, 0.05) is 26.2 Å². The Morgan fingerprint density at radius 3 is 2.56 bits per heavy atom. The summed E-state index contributed by atoms with van der Waals surface area (Å²) in [7, 11) is 0. The van der Waals surface area contributed by atoms with E-state index in [1.165, 1.54) is 0 Å². The predicted molar refractivity (Wildman–Crippen MR) is 75.2 cm³/mol. The predicted octanol–water partition coefficient (Wildman–Crippen LogP) is 2.11. The Kier molecular flexibility index (Phi) is 4.56. The molecule has 0 N–H and O–H groups in total. The molecule has 0 unspecified atom stereocenters. The Labute approximate surface area is 113 Å². The van der Waals surface area contributed by atoms with Crippen LogP contribution >= 0.6 is 11.3 Å². The van der Waals surface area contributed by atoms with E-state index < -0.39 is 0 Å². The average molecular weight is 264 g/mol. The summed E-state index contributed by atoms with van der Waals surface area (Å²) in [6.45, 7) is 9.69. The minimum atomic E-state index is 0.796. The number of thiazole rings is 1. The van der Waals surface area contributed by atoms with Gasteiger partial charge in [-0.1, -0.05) is 31.6 Å². The maximum atomic E-state index is 9.13. The zero-order valence-electron chi connectivity index (χ0n) is 11.1. The maximum absolute atomic E-state index is 9.13. The fourth-order valence-corrected chi connectivity index (χ4v) is 3.18. The van der Waals surface area contributed by atoms with Gasteiger partial charge in [-0.25, -0.2) is 4.98 Å². The van der Waals surface area contributed by atoms with E-state index in [-0.39, 0.29) is 0 Å². The van der Waals surface area contributed by atoms with Gasteiger partial charge in [0.1, 0.15) is 10.9 Å². The Morgan fingerprint density at radius 2 is 2.00 bits per heavy atom. The fourth-order valence-electron chi connectivity index (χ4n) is 2.22. The summed E-state index contributed by atoms with van der Waals surface area (Å²) >= 11 is 1.55. The van der Waals surface area contributed by atoms with Crippen molar-refractivity contribution in [2.75, 3.05) is 37.6 Å². The molecule has 1 fully saturated rings. The molecule has 1 aromatic heterocycles. The van der Waals surface area contributed by atoms with Crippen LogP contribution in [0.25, 0.3) is 0 Å². The zero-order valence-corrected chi connectivity index (χ0v) is 12.0. The van der Waals surface area contributed by atoms with Crippen LogP contribution in [0.1, 0.15) is 30.8 Å². The van der Waals surface area contributed by atoms with Crippen LogP contribution in [0, 0.1) is 11.3 Å². The highest BCUT2D eigenvalue weighted by molar-refractivity contribution is 7.16. The monoisotopic (exact) mass is 264 g/mol. The van der Waals surface area contributed by atoms with Crippen LogP contribution in [-0.4, -0.2) is 42.6 Å². The number of anilines is 1. The van der Waals surface area contributed by atoms with E-state index in [9.17, 15) is 0 Å². The third-order valence-electron chi connectivity index (χ3n) is 3.36. The van der Waals surface area contributed by atoms with E-state index in [2.05, 4.69) is 34.7 Å². The highest BCUT2D eigenvalue weighted by Gasteiger charge is 2.20. The summed E-state index contributed by atoms with van der Waals surface area (Å²) in [4.78, 5) is 10.2. The highest BCUT2D eigenvalue weighted by Crippen LogP contribution is 2.27. The molecular weight excluding hydrogens is 244 g/mol. The summed E-state index contributed by atoms with van der Waals surface area (Å²) in [5, 5.41) is 10.2. The molecule has 1 aromatic rings. The Morgan fingerprint density at radius 1 is 1.28 bits per heavy atom. The molecular formula is C13H20N4S. The summed E-state index contributed by atoms with van der Waals surface area (Å²) in [6, 6.07) is 2.28. The minimum Gasteiger partial charge on any atom is -0.345 e. The SMILES string of the molecule is CCCc1nc(N2CCN(CC)CC2)sc1C#N. The van der Waals surface area contributed by atoms with Crippen LogP contribution in [0.15, 0.2) is 0 Å². The minimum absolute atomic E-state index is 0.796. The maximum Gasteiger partial charge on any atom is 0.186 e. The third-order valence-corrected chi connectivity index (χ3v) is 4.43. The van der Waals surface area contributed by atoms with Gasteiger partial charge in [-0.2, -0.15) is 5.26 Å². The van der Waals surface area contributed by atoms with Crippen molar-refractivity contribution in [3.05, 3.63) is 10.6 Å². The molecule has 98 valence electrons. The smallest absolute Gasteiger partial charge is 0.186 e. The van der Waals surface area contributed by atoms with Crippen LogP contribution in [0.5, 0.6) is 0 Å². The normalized spacial score (nSPS) is 16.8. The molecule has 0 bridgehead atoms. The molecule has 2 rings (SSSR count). The number of likely N-dealkylation sites (N-methyl/N-ethyl adjacent to an activating group) is 1. The van der Waals surface area contributed by atoms with Crippen LogP contribution < -0.4 is 4.90 Å². The summed E-state index contributed by atoms with van der Waals surface area (Å²) in [6.07, 6.45) is 1.95. The van der Waals surface area contributed by atoms with Crippen LogP contribution in [0.3, 0.4) is 0 Å². The van der Waals surface area contributed by atoms with Gasteiger partial charge < -0.3 is 9.80 Å². The molecule has 1 aliphatic rings. The molecule has 0 amide bonds. The van der Waals surface area contributed by atoms with Gasteiger partial charge >= 0.3 is 0 Å². The van der Waals surface area contributed by atoms with Crippen molar-refractivity contribution in [1.29, 1.82) is 5.26 Å². The topological polar surface area (TPSA) is 43.2 Å². The first kappa shape index (κ1) is 13.3. The Bertz CT molecular complexity index is 427. The van der Waals surface area contributed by atoms with Crippen LogP contribution in [0.2, 0.25) is 0 Å². The first-order valence-electron chi connectivity index (χ1n) is 6.65. The van der Waals surface area contributed by atoms with Crippen LogP contribution in [0.4, 0.5) is 5.13 Å². The standard InChI is InChI=1S/C13H20N4S/c1-3-5-11-12(10-14)18-13(15-11)17-8-6-16(4-2)7-9-17/h3-9H2,1-2H3. The lowest BCUT2D eigenvalue weighted by Crippen LogP contribution is -2.46. The first-order valence-corrected chi connectivity index (χ1v) is 7.47. The first-order chi connectivity index (χ1) is 8.78.